The van der Waals surface area contributed by atoms with Gasteiger partial charge in [-0.25, -0.2) is 29.1 Å². The van der Waals surface area contributed by atoms with Gasteiger partial charge in [0.2, 0.25) is 0 Å². The van der Waals surface area contributed by atoms with E-state index in [9.17, 15) is 19.4 Å². The summed E-state index contributed by atoms with van der Waals surface area (Å²) in [7, 11) is 3.16. The maximum absolute atomic E-state index is 14.6. The maximum Gasteiger partial charge on any atom is 0.409 e. The summed E-state index contributed by atoms with van der Waals surface area (Å²) < 4.78 is 47.2. The monoisotopic (exact) mass is 1060 g/mol. The van der Waals surface area contributed by atoms with E-state index in [4.69, 9.17) is 59.5 Å². The number of aromatic nitrogens is 6. The Hall–Kier alpha value is -6.49. The number of aliphatic hydroxyl groups is 2. The summed E-state index contributed by atoms with van der Waals surface area (Å²) in [6, 6.07) is 12.3. The van der Waals surface area contributed by atoms with Crippen molar-refractivity contribution in [3.63, 3.8) is 0 Å². The molecule has 8 rings (SSSR count). The Balaban J connectivity index is 0.000000219. The highest BCUT2D eigenvalue weighted by Gasteiger charge is 2.29. The van der Waals surface area contributed by atoms with Crippen LogP contribution in [0.5, 0.6) is 11.5 Å². The smallest absolute Gasteiger partial charge is 0.409 e. The summed E-state index contributed by atoms with van der Waals surface area (Å²) in [5, 5.41) is 41.7. The molecule has 22 heteroatoms. The zero-order chi connectivity index (χ0) is 53.8. The maximum atomic E-state index is 14.6. The normalized spacial score (nSPS) is 16.7. The van der Waals surface area contributed by atoms with Gasteiger partial charge in [-0.2, -0.15) is 0 Å². The molecule has 1 amide bonds. The lowest BCUT2D eigenvalue weighted by Crippen LogP contribution is -2.42. The Kier molecular flexibility index (Phi) is 19.7. The second kappa shape index (κ2) is 26.3. The van der Waals surface area contributed by atoms with E-state index in [2.05, 4.69) is 31.6 Å². The number of halogens is 2. The van der Waals surface area contributed by atoms with Crippen molar-refractivity contribution in [2.75, 3.05) is 83.9 Å². The van der Waals surface area contributed by atoms with Gasteiger partial charge in [0.25, 0.3) is 0 Å². The molecule has 0 aliphatic carbocycles. The fourth-order valence-corrected chi connectivity index (χ4v) is 9.00. The predicted octanol–water partition coefficient (Wildman–Crippen LogP) is 7.59. The van der Waals surface area contributed by atoms with Crippen LogP contribution in [-0.4, -0.2) is 155 Å². The molecule has 4 unspecified atom stereocenters. The molecule has 20 nitrogen and oxygen atoms in total. The van der Waals surface area contributed by atoms with Gasteiger partial charge in [0.1, 0.15) is 66.2 Å². The van der Waals surface area contributed by atoms with Crippen LogP contribution in [0.15, 0.2) is 51.5 Å². The lowest BCUT2D eigenvalue weighted by atomic mass is 10.0. The number of carbonyl (C=O) groups is 1. The van der Waals surface area contributed by atoms with Gasteiger partial charge in [-0.05, 0) is 105 Å². The first-order chi connectivity index (χ1) is 36.1. The van der Waals surface area contributed by atoms with Crippen molar-refractivity contribution in [1.82, 2.24) is 45.8 Å². The molecular formula is C53H69ClFN11O9. The molecule has 2 aliphatic rings. The molecule has 0 saturated carbocycles. The average molecular weight is 1060 g/mol. The van der Waals surface area contributed by atoms with Crippen LogP contribution in [0.25, 0.3) is 45.3 Å². The molecule has 2 aromatic carbocycles. The van der Waals surface area contributed by atoms with Crippen molar-refractivity contribution in [3.8, 4) is 56.8 Å². The van der Waals surface area contributed by atoms with E-state index in [1.165, 1.54) is 7.11 Å². The number of aliphatic hydroxyl groups excluding tert-OH is 2. The Morgan fingerprint density at radius 3 is 2.00 bits per heavy atom. The van der Waals surface area contributed by atoms with E-state index >= 15 is 0 Å². The number of amides is 1. The summed E-state index contributed by atoms with van der Waals surface area (Å²) in [6.45, 7) is 16.9. The van der Waals surface area contributed by atoms with E-state index in [1.807, 2.05) is 72.7 Å². The lowest BCUT2D eigenvalue weighted by Gasteiger charge is -2.32. The van der Waals surface area contributed by atoms with Crippen LogP contribution >= 0.6 is 11.6 Å². The van der Waals surface area contributed by atoms with Gasteiger partial charge in [-0.15, -0.1) is 0 Å². The molecular weight excluding hydrogens is 989 g/mol. The molecule has 6 N–H and O–H groups in total. The first-order valence-electron chi connectivity index (χ1n) is 25.2. The Morgan fingerprint density at radius 1 is 0.813 bits per heavy atom. The minimum Gasteiger partial charge on any atom is -0.491 e. The van der Waals surface area contributed by atoms with Gasteiger partial charge in [0, 0.05) is 61.1 Å². The van der Waals surface area contributed by atoms with Crippen LogP contribution in [0.1, 0.15) is 60.2 Å². The molecule has 6 heterocycles. The number of hydrogen-bond donors (Lipinski definition) is 6. The van der Waals surface area contributed by atoms with Gasteiger partial charge in [-0.1, -0.05) is 41.0 Å². The Bertz CT molecular complexity index is 2820. The number of carbonyl (C=O) groups excluding carboxylic acids is 1. The molecule has 2 aliphatic heterocycles. The Morgan fingerprint density at radius 2 is 1.41 bits per heavy atom. The SMILES string of the molecule is CCNCC(O)COc1cccc(-c2nc(NC3CCOCC3F)c(C)c(-c3c(C)noc3C)n2)c1.CNCC(O)COc1ccc(Cl)c(-c2nc(NC3CCN(C(=O)OC)CC3)c(C)c(-c3c(C)noc3C)n2)c1. The zero-order valence-corrected chi connectivity index (χ0v) is 44.8. The number of ether oxygens (including phenoxy) is 4. The fourth-order valence-electron chi connectivity index (χ4n) is 8.80. The topological polar surface area (TPSA) is 249 Å². The third-order valence-electron chi connectivity index (χ3n) is 12.9. The number of nitrogens with zero attached hydrogens (tertiary/aromatic N) is 7. The van der Waals surface area contributed by atoms with Crippen LogP contribution in [0.2, 0.25) is 5.02 Å². The third kappa shape index (κ3) is 14.3. The summed E-state index contributed by atoms with van der Waals surface area (Å²) in [6.07, 6.45) is -0.703. The number of rotatable bonds is 19. The quantitative estimate of drug-likeness (QED) is 0.0457. The standard InChI is InChI=1S/C27H35ClN6O5.C26H34FN5O4/c1-15-24(23-16(2)33-39-17(23)3)31-26(21-12-20(6-7-22(21)28)38-14-19(35)13-29-4)32-25(15)30-18-8-10-34(11-9-18)27(36)37-5;1-5-28-12-19(33)13-35-20-8-6-7-18(11-20)26-30-24(23-16(3)32-36-17(23)4)15(2)25(31-26)29-22-9-10-34-14-21(22)27/h6-7,12,18-19,29,35H,8-11,13-14H2,1-5H3,(H,30,31,32);6-8,11,19,21-22,28,33H,5,9-10,12-14H2,1-4H3,(H,29,30,31). The highest BCUT2D eigenvalue weighted by molar-refractivity contribution is 6.33. The molecule has 2 saturated heterocycles. The number of aryl methyl sites for hydroxylation is 4. The molecule has 4 aromatic heterocycles. The van der Waals surface area contributed by atoms with Crippen molar-refractivity contribution in [1.29, 1.82) is 0 Å². The Labute approximate surface area is 441 Å². The van der Waals surface area contributed by atoms with Gasteiger partial charge in [0.05, 0.1) is 58.7 Å². The second-order valence-electron chi connectivity index (χ2n) is 18.6. The van der Waals surface area contributed by atoms with Crippen LogP contribution in [0, 0.1) is 41.5 Å². The van der Waals surface area contributed by atoms with E-state index in [0.29, 0.717) is 113 Å². The number of alkyl halides is 1. The van der Waals surface area contributed by atoms with E-state index in [0.717, 1.165) is 52.9 Å². The highest BCUT2D eigenvalue weighted by Crippen LogP contribution is 2.38. The highest BCUT2D eigenvalue weighted by atomic mass is 35.5. The second-order valence-corrected chi connectivity index (χ2v) is 19.0. The molecule has 404 valence electrons. The molecule has 6 aromatic rings. The summed E-state index contributed by atoms with van der Waals surface area (Å²) in [4.78, 5) is 33.1. The number of likely N-dealkylation sites (tertiary alicyclic amines) is 1. The van der Waals surface area contributed by atoms with Crippen LogP contribution in [0.3, 0.4) is 0 Å². The minimum atomic E-state index is -1.13. The summed E-state index contributed by atoms with van der Waals surface area (Å²) in [5.74, 6) is 4.52. The summed E-state index contributed by atoms with van der Waals surface area (Å²) >= 11 is 6.63. The van der Waals surface area contributed by atoms with E-state index in [1.54, 1.807) is 30.1 Å². The molecule has 0 radical (unpaired) electrons. The van der Waals surface area contributed by atoms with Gasteiger partial charge in [-0.3, -0.25) is 0 Å². The first-order valence-corrected chi connectivity index (χ1v) is 25.6. The number of methoxy groups -OCH3 is 1. The van der Waals surface area contributed by atoms with E-state index in [-0.39, 0.29) is 32.0 Å². The van der Waals surface area contributed by atoms with E-state index < -0.39 is 24.4 Å². The number of hydrogen-bond acceptors (Lipinski definition) is 19. The number of benzene rings is 2. The molecule has 2 fully saturated rings. The van der Waals surface area contributed by atoms with Crippen molar-refractivity contribution in [2.24, 2.45) is 0 Å². The predicted molar refractivity (Wildman–Crippen MR) is 283 cm³/mol. The van der Waals surface area contributed by atoms with Gasteiger partial charge in [0.15, 0.2) is 11.6 Å². The molecule has 0 bridgehead atoms. The summed E-state index contributed by atoms with van der Waals surface area (Å²) in [5.41, 5.74) is 7.36. The van der Waals surface area contributed by atoms with Crippen LogP contribution in [0.4, 0.5) is 20.8 Å². The first kappa shape index (κ1) is 56.2. The van der Waals surface area contributed by atoms with Crippen molar-refractivity contribution >= 4 is 29.3 Å². The van der Waals surface area contributed by atoms with Gasteiger partial charge >= 0.3 is 6.09 Å². The number of nitrogens with one attached hydrogen (secondary N) is 4. The van der Waals surface area contributed by atoms with Gasteiger partial charge < -0.3 is 64.4 Å². The number of likely N-dealkylation sites (N-methyl/N-ethyl adjacent to an activating group) is 2. The lowest BCUT2D eigenvalue weighted by molar-refractivity contribution is 0.0285. The van der Waals surface area contributed by atoms with Crippen molar-refractivity contribution < 1.29 is 47.4 Å². The fraction of sp³-hybridized carbons (Fsp3) is 0.491. The third-order valence-corrected chi connectivity index (χ3v) is 13.3. The molecule has 4 atom stereocenters. The van der Waals surface area contributed by atoms with Crippen LogP contribution < -0.4 is 30.7 Å². The molecule has 0 spiro atoms. The van der Waals surface area contributed by atoms with Crippen molar-refractivity contribution in [2.45, 2.75) is 98.2 Å². The van der Waals surface area contributed by atoms with Crippen molar-refractivity contribution in [3.05, 3.63) is 81.5 Å². The van der Waals surface area contributed by atoms with Crippen LogP contribution in [-0.2, 0) is 9.47 Å². The zero-order valence-electron chi connectivity index (χ0n) is 44.1. The average Bonchev–Trinajstić information content (AvgIpc) is 3.93. The molecule has 75 heavy (non-hydrogen) atoms. The minimum absolute atomic E-state index is 0.0599. The largest absolute Gasteiger partial charge is 0.491 e. The number of anilines is 2. The number of piperidine rings is 1.